The van der Waals surface area contributed by atoms with Crippen LogP contribution in [0.1, 0.15) is 58.8 Å². The van der Waals surface area contributed by atoms with Crippen molar-refractivity contribution in [1.29, 1.82) is 0 Å². The third-order valence-electron chi connectivity index (χ3n) is 4.52. The zero-order valence-corrected chi connectivity index (χ0v) is 14.2. The molecule has 0 aromatic heterocycles. The second-order valence-corrected chi connectivity index (χ2v) is 6.15. The Morgan fingerprint density at radius 3 is 2.24 bits per heavy atom. The lowest BCUT2D eigenvalue weighted by Gasteiger charge is -2.19. The fourth-order valence-electron chi connectivity index (χ4n) is 3.09. The first-order valence-corrected chi connectivity index (χ1v) is 8.25. The van der Waals surface area contributed by atoms with Gasteiger partial charge in [0.05, 0.1) is 11.1 Å². The fraction of sp³-hybridized carbons (Fsp3) is 0.350. The molecule has 0 radical (unpaired) electrons. The van der Waals surface area contributed by atoms with Crippen LogP contribution in [0.4, 0.5) is 13.2 Å². The van der Waals surface area contributed by atoms with Gasteiger partial charge in [0.2, 0.25) is 0 Å². The van der Waals surface area contributed by atoms with Crippen LogP contribution in [0, 0.1) is 0 Å². The number of hydrogen-bond acceptors (Lipinski definition) is 1. The number of hydrogen-bond donors (Lipinski definition) is 1. The Morgan fingerprint density at radius 2 is 1.64 bits per heavy atom. The molecule has 5 heteroatoms. The van der Waals surface area contributed by atoms with Gasteiger partial charge in [-0.1, -0.05) is 44.2 Å². The highest BCUT2D eigenvalue weighted by atomic mass is 19.4. The Kier molecular flexibility index (Phi) is 5.88. The molecule has 0 aliphatic heterocycles. The molecule has 25 heavy (non-hydrogen) atoms. The molecule has 0 amide bonds. The third-order valence-corrected chi connectivity index (χ3v) is 4.52. The number of halogens is 3. The molecule has 2 aromatic carbocycles. The number of carboxylic acid groups (broad SMARTS) is 1. The number of carbonyl (C=O) groups is 1. The van der Waals surface area contributed by atoms with Crippen LogP contribution in [0.15, 0.2) is 42.5 Å². The summed E-state index contributed by atoms with van der Waals surface area (Å²) in [4.78, 5) is 11.5. The summed E-state index contributed by atoms with van der Waals surface area (Å²) in [6.45, 7) is 3.90. The van der Waals surface area contributed by atoms with E-state index >= 15 is 0 Å². The average Bonchev–Trinajstić information content (AvgIpc) is 2.58. The van der Waals surface area contributed by atoms with Crippen LogP contribution in [0.25, 0.3) is 0 Å². The molecule has 0 heterocycles. The second kappa shape index (κ2) is 7.72. The van der Waals surface area contributed by atoms with E-state index in [1.165, 1.54) is 12.1 Å². The van der Waals surface area contributed by atoms with Crippen molar-refractivity contribution in [2.45, 2.75) is 45.2 Å². The highest BCUT2D eigenvalue weighted by Gasteiger charge is 2.32. The van der Waals surface area contributed by atoms with Gasteiger partial charge >= 0.3 is 12.1 Å². The number of aromatic carboxylic acids is 1. The summed E-state index contributed by atoms with van der Waals surface area (Å²) < 4.78 is 39.4. The number of alkyl halides is 3. The predicted octanol–water partition coefficient (Wildman–Crippen LogP) is 5.70. The van der Waals surface area contributed by atoms with E-state index < -0.39 is 17.7 Å². The minimum Gasteiger partial charge on any atom is -0.478 e. The Bertz CT molecular complexity index is 751. The van der Waals surface area contributed by atoms with E-state index in [4.69, 9.17) is 0 Å². The minimum atomic E-state index is -4.39. The molecule has 134 valence electrons. The molecule has 2 nitrogen and oxygen atoms in total. The molecule has 0 saturated carbocycles. The Balaban J connectivity index is 2.37. The maximum Gasteiger partial charge on any atom is 0.416 e. The minimum absolute atomic E-state index is 0.0279. The topological polar surface area (TPSA) is 37.3 Å². The van der Waals surface area contributed by atoms with E-state index in [1.807, 2.05) is 19.9 Å². The fourth-order valence-corrected chi connectivity index (χ4v) is 3.09. The van der Waals surface area contributed by atoms with E-state index in [-0.39, 0.29) is 23.5 Å². The van der Waals surface area contributed by atoms with E-state index in [0.29, 0.717) is 6.42 Å². The molecule has 0 aliphatic carbocycles. The first-order valence-electron chi connectivity index (χ1n) is 8.25. The summed E-state index contributed by atoms with van der Waals surface area (Å²) in [5.74, 6) is -0.979. The van der Waals surface area contributed by atoms with Crippen LogP contribution in [0.2, 0.25) is 0 Å². The molecule has 0 aliphatic rings. The van der Waals surface area contributed by atoms with Crippen molar-refractivity contribution >= 4 is 5.97 Å². The van der Waals surface area contributed by atoms with Crippen molar-refractivity contribution < 1.29 is 23.1 Å². The van der Waals surface area contributed by atoms with Gasteiger partial charge in [-0.25, -0.2) is 4.79 Å². The molecule has 0 spiro atoms. The van der Waals surface area contributed by atoms with Crippen LogP contribution >= 0.6 is 0 Å². The highest BCUT2D eigenvalue weighted by Crippen LogP contribution is 2.33. The number of aryl methyl sites for hydroxylation is 2. The van der Waals surface area contributed by atoms with Crippen molar-refractivity contribution in [2.75, 3.05) is 0 Å². The van der Waals surface area contributed by atoms with Gasteiger partial charge in [0, 0.05) is 0 Å². The van der Waals surface area contributed by atoms with Crippen LogP contribution in [-0.4, -0.2) is 11.1 Å². The molecular weight excluding hydrogens is 329 g/mol. The van der Waals surface area contributed by atoms with Gasteiger partial charge in [-0.3, -0.25) is 0 Å². The molecule has 2 aromatic rings. The van der Waals surface area contributed by atoms with Crippen LogP contribution in [0.3, 0.4) is 0 Å². The number of carboxylic acids is 1. The lowest BCUT2D eigenvalue weighted by Crippen LogP contribution is -2.12. The Hall–Kier alpha value is -2.30. The quantitative estimate of drug-likeness (QED) is 0.725. The molecule has 1 N–H and O–H groups in total. The molecule has 2 rings (SSSR count). The average molecular weight is 350 g/mol. The van der Waals surface area contributed by atoms with E-state index in [2.05, 4.69) is 0 Å². The summed E-state index contributed by atoms with van der Waals surface area (Å²) in [7, 11) is 0. The summed E-state index contributed by atoms with van der Waals surface area (Å²) >= 11 is 0. The maximum atomic E-state index is 13.1. The molecule has 1 unspecified atom stereocenters. The van der Waals surface area contributed by atoms with Gasteiger partial charge in [-0.05, 0) is 54.0 Å². The standard InChI is InChI=1S/C20H21F3O2/c1-3-13(2)18-15(8-6-9-16(18)19(24)25)12-11-14-7-4-5-10-17(14)20(21,22)23/h4-10,13H,3,11-12H2,1-2H3,(H,24,25). The van der Waals surface area contributed by atoms with Crippen molar-refractivity contribution in [2.24, 2.45) is 0 Å². The summed E-state index contributed by atoms with van der Waals surface area (Å²) in [5.41, 5.74) is 1.35. The largest absolute Gasteiger partial charge is 0.478 e. The number of benzene rings is 2. The monoisotopic (exact) mass is 350 g/mol. The third kappa shape index (κ3) is 4.41. The highest BCUT2D eigenvalue weighted by molar-refractivity contribution is 5.90. The molecule has 0 saturated heterocycles. The second-order valence-electron chi connectivity index (χ2n) is 6.15. The normalized spacial score (nSPS) is 12.8. The molecule has 0 bridgehead atoms. The summed E-state index contributed by atoms with van der Waals surface area (Å²) in [5, 5.41) is 9.42. The maximum absolute atomic E-state index is 13.1. The Morgan fingerprint density at radius 1 is 1.04 bits per heavy atom. The van der Waals surface area contributed by atoms with Crippen molar-refractivity contribution in [1.82, 2.24) is 0 Å². The Labute approximate surface area is 145 Å². The zero-order chi connectivity index (χ0) is 18.6. The van der Waals surface area contributed by atoms with Gasteiger partial charge < -0.3 is 5.11 Å². The van der Waals surface area contributed by atoms with Crippen LogP contribution in [0.5, 0.6) is 0 Å². The lowest BCUT2D eigenvalue weighted by atomic mass is 9.86. The van der Waals surface area contributed by atoms with E-state index in [9.17, 15) is 23.1 Å². The van der Waals surface area contributed by atoms with Gasteiger partial charge in [0.15, 0.2) is 0 Å². The van der Waals surface area contributed by atoms with Crippen molar-refractivity contribution in [3.05, 3.63) is 70.3 Å². The van der Waals surface area contributed by atoms with E-state index in [0.717, 1.165) is 23.6 Å². The summed E-state index contributed by atoms with van der Waals surface area (Å²) in [6, 6.07) is 10.5. The molecule has 0 fully saturated rings. The van der Waals surface area contributed by atoms with Gasteiger partial charge in [0.25, 0.3) is 0 Å². The zero-order valence-electron chi connectivity index (χ0n) is 14.2. The van der Waals surface area contributed by atoms with Crippen molar-refractivity contribution in [3.63, 3.8) is 0 Å². The molecule has 1 atom stereocenters. The smallest absolute Gasteiger partial charge is 0.416 e. The lowest BCUT2D eigenvalue weighted by molar-refractivity contribution is -0.138. The first-order chi connectivity index (χ1) is 11.8. The summed E-state index contributed by atoms with van der Waals surface area (Å²) in [6.07, 6.45) is -3.05. The van der Waals surface area contributed by atoms with Crippen LogP contribution < -0.4 is 0 Å². The first kappa shape index (κ1) is 19.0. The van der Waals surface area contributed by atoms with E-state index in [1.54, 1.807) is 18.2 Å². The number of rotatable bonds is 6. The van der Waals surface area contributed by atoms with Crippen molar-refractivity contribution in [3.8, 4) is 0 Å². The van der Waals surface area contributed by atoms with Gasteiger partial charge in [-0.15, -0.1) is 0 Å². The van der Waals surface area contributed by atoms with Crippen LogP contribution in [-0.2, 0) is 19.0 Å². The van der Waals surface area contributed by atoms with Gasteiger partial charge in [0.1, 0.15) is 0 Å². The van der Waals surface area contributed by atoms with Gasteiger partial charge in [-0.2, -0.15) is 13.2 Å². The molecular formula is C20H21F3O2. The SMILES string of the molecule is CCC(C)c1c(CCc2ccccc2C(F)(F)F)cccc1C(=O)O. The predicted molar refractivity (Wildman–Crippen MR) is 91.0 cm³/mol.